The molecule has 0 unspecified atom stereocenters. The standard InChI is InChI=1S/C15H22N2O5S/c1-15(20,9-23-4)8-16-13(18)14(19)17-10-5-6-11(21-2)12(7-10)22-3/h5-7,20H,8-9H2,1-4H3,(H,16,18)(H,17,19)/t15-/m1/s1. The van der Waals surface area contributed by atoms with Gasteiger partial charge in [-0.1, -0.05) is 0 Å². The number of methoxy groups -OCH3 is 2. The van der Waals surface area contributed by atoms with Crippen LogP contribution in [0.1, 0.15) is 6.92 Å². The molecule has 0 aromatic heterocycles. The molecule has 0 heterocycles. The predicted molar refractivity (Wildman–Crippen MR) is 90.2 cm³/mol. The molecule has 1 atom stereocenters. The number of anilines is 1. The molecule has 2 amide bonds. The number of ether oxygens (including phenoxy) is 2. The van der Waals surface area contributed by atoms with Crippen molar-refractivity contribution in [2.24, 2.45) is 0 Å². The van der Waals surface area contributed by atoms with Gasteiger partial charge in [0.05, 0.1) is 19.8 Å². The van der Waals surface area contributed by atoms with E-state index >= 15 is 0 Å². The summed E-state index contributed by atoms with van der Waals surface area (Å²) in [5, 5.41) is 14.8. The van der Waals surface area contributed by atoms with Gasteiger partial charge in [0, 0.05) is 24.1 Å². The summed E-state index contributed by atoms with van der Waals surface area (Å²) in [5.41, 5.74) is -0.669. The van der Waals surface area contributed by atoms with Gasteiger partial charge in [-0.25, -0.2) is 0 Å². The first kappa shape index (κ1) is 19.1. The fraction of sp³-hybridized carbons (Fsp3) is 0.467. The summed E-state index contributed by atoms with van der Waals surface area (Å²) in [5.74, 6) is -0.236. The summed E-state index contributed by atoms with van der Waals surface area (Å²) < 4.78 is 10.2. The van der Waals surface area contributed by atoms with E-state index in [1.165, 1.54) is 26.0 Å². The van der Waals surface area contributed by atoms with E-state index in [-0.39, 0.29) is 6.54 Å². The number of amides is 2. The molecular weight excluding hydrogens is 320 g/mol. The Bertz CT molecular complexity index is 563. The van der Waals surface area contributed by atoms with Crippen molar-refractivity contribution in [3.05, 3.63) is 18.2 Å². The van der Waals surface area contributed by atoms with Crippen LogP contribution in [0.2, 0.25) is 0 Å². The van der Waals surface area contributed by atoms with E-state index in [0.29, 0.717) is 22.9 Å². The summed E-state index contributed by atoms with van der Waals surface area (Å²) in [7, 11) is 2.98. The van der Waals surface area contributed by atoms with Gasteiger partial charge in [-0.05, 0) is 25.3 Å². The van der Waals surface area contributed by atoms with Crippen molar-refractivity contribution >= 4 is 29.3 Å². The average Bonchev–Trinajstić information content (AvgIpc) is 2.52. The van der Waals surface area contributed by atoms with E-state index in [1.807, 2.05) is 6.26 Å². The number of nitrogens with one attached hydrogen (secondary N) is 2. The zero-order valence-corrected chi connectivity index (χ0v) is 14.5. The molecule has 0 spiro atoms. The molecule has 1 aromatic carbocycles. The minimum absolute atomic E-state index is 0.00791. The number of carbonyl (C=O) groups excluding carboxylic acids is 2. The Balaban J connectivity index is 2.63. The van der Waals surface area contributed by atoms with Crippen LogP contribution in [-0.2, 0) is 9.59 Å². The van der Waals surface area contributed by atoms with Crippen LogP contribution in [0.3, 0.4) is 0 Å². The van der Waals surface area contributed by atoms with Crippen LogP contribution in [0.4, 0.5) is 5.69 Å². The Morgan fingerprint density at radius 3 is 2.43 bits per heavy atom. The third-order valence-corrected chi connectivity index (χ3v) is 3.84. The molecule has 128 valence electrons. The van der Waals surface area contributed by atoms with Gasteiger partial charge < -0.3 is 25.2 Å². The first-order valence-electron chi connectivity index (χ1n) is 6.85. The number of rotatable bonds is 7. The lowest BCUT2D eigenvalue weighted by Gasteiger charge is -2.22. The maximum atomic E-state index is 11.9. The zero-order valence-electron chi connectivity index (χ0n) is 13.6. The molecule has 3 N–H and O–H groups in total. The predicted octanol–water partition coefficient (Wildman–Crippen LogP) is 0.872. The summed E-state index contributed by atoms with van der Waals surface area (Å²) >= 11 is 1.45. The number of thioether (sulfide) groups is 1. The summed E-state index contributed by atoms with van der Waals surface area (Å²) in [6.07, 6.45) is 1.85. The Labute approximate surface area is 139 Å². The van der Waals surface area contributed by atoms with Crippen molar-refractivity contribution in [2.75, 3.05) is 38.1 Å². The fourth-order valence-electron chi connectivity index (χ4n) is 1.81. The Morgan fingerprint density at radius 1 is 1.22 bits per heavy atom. The van der Waals surface area contributed by atoms with Crippen molar-refractivity contribution in [3.8, 4) is 11.5 Å². The molecule has 1 aromatic rings. The Kier molecular flexibility index (Phi) is 7.18. The average molecular weight is 342 g/mol. The molecule has 0 aliphatic heterocycles. The van der Waals surface area contributed by atoms with Crippen molar-refractivity contribution in [1.82, 2.24) is 5.32 Å². The van der Waals surface area contributed by atoms with Gasteiger partial charge in [0.15, 0.2) is 11.5 Å². The zero-order chi connectivity index (χ0) is 17.5. The van der Waals surface area contributed by atoms with E-state index in [4.69, 9.17) is 9.47 Å². The Morgan fingerprint density at radius 2 is 1.87 bits per heavy atom. The quantitative estimate of drug-likeness (QED) is 0.636. The molecule has 7 nitrogen and oxygen atoms in total. The molecule has 0 aliphatic rings. The molecule has 0 saturated heterocycles. The largest absolute Gasteiger partial charge is 0.493 e. The number of hydrogen-bond donors (Lipinski definition) is 3. The molecule has 0 fully saturated rings. The number of hydrogen-bond acceptors (Lipinski definition) is 6. The topological polar surface area (TPSA) is 96.9 Å². The molecule has 0 aliphatic carbocycles. The van der Waals surface area contributed by atoms with Crippen LogP contribution < -0.4 is 20.1 Å². The van der Waals surface area contributed by atoms with Gasteiger partial charge in [0.1, 0.15) is 0 Å². The van der Waals surface area contributed by atoms with Crippen LogP contribution in [-0.4, -0.2) is 55.3 Å². The van der Waals surface area contributed by atoms with Crippen molar-refractivity contribution in [2.45, 2.75) is 12.5 Å². The Hall–Kier alpha value is -1.93. The first-order chi connectivity index (χ1) is 10.8. The molecule has 8 heteroatoms. The van der Waals surface area contributed by atoms with Gasteiger partial charge in [0.2, 0.25) is 0 Å². The molecule has 0 bridgehead atoms. The number of carbonyl (C=O) groups is 2. The lowest BCUT2D eigenvalue weighted by Crippen LogP contribution is -2.45. The van der Waals surface area contributed by atoms with Crippen molar-refractivity contribution < 1.29 is 24.2 Å². The highest BCUT2D eigenvalue weighted by atomic mass is 32.2. The monoisotopic (exact) mass is 342 g/mol. The third kappa shape index (κ3) is 5.99. The van der Waals surface area contributed by atoms with Crippen LogP contribution >= 0.6 is 11.8 Å². The second-order valence-electron chi connectivity index (χ2n) is 5.14. The SMILES string of the molecule is COc1ccc(NC(=O)C(=O)NC[C@@](C)(O)CSC)cc1OC. The van der Waals surface area contributed by atoms with Gasteiger partial charge in [0.25, 0.3) is 0 Å². The lowest BCUT2D eigenvalue weighted by atomic mass is 10.1. The van der Waals surface area contributed by atoms with Crippen LogP contribution in [0.5, 0.6) is 11.5 Å². The van der Waals surface area contributed by atoms with E-state index in [9.17, 15) is 14.7 Å². The molecule has 1 rings (SSSR count). The van der Waals surface area contributed by atoms with Crippen molar-refractivity contribution in [3.63, 3.8) is 0 Å². The third-order valence-electron chi connectivity index (χ3n) is 2.93. The fourth-order valence-corrected chi connectivity index (χ4v) is 2.54. The van der Waals surface area contributed by atoms with Crippen LogP contribution in [0.25, 0.3) is 0 Å². The van der Waals surface area contributed by atoms with E-state index in [2.05, 4.69) is 10.6 Å². The second-order valence-corrected chi connectivity index (χ2v) is 6.00. The lowest BCUT2D eigenvalue weighted by molar-refractivity contribution is -0.136. The highest BCUT2D eigenvalue weighted by Crippen LogP contribution is 2.29. The van der Waals surface area contributed by atoms with Gasteiger partial charge in [-0.3, -0.25) is 9.59 Å². The summed E-state index contributed by atoms with van der Waals surface area (Å²) in [4.78, 5) is 23.6. The molecule has 23 heavy (non-hydrogen) atoms. The maximum Gasteiger partial charge on any atom is 0.313 e. The highest BCUT2D eigenvalue weighted by Gasteiger charge is 2.23. The van der Waals surface area contributed by atoms with E-state index < -0.39 is 17.4 Å². The number of aliphatic hydroxyl groups is 1. The van der Waals surface area contributed by atoms with Gasteiger partial charge in [-0.15, -0.1) is 0 Å². The second kappa shape index (κ2) is 8.64. The highest BCUT2D eigenvalue weighted by molar-refractivity contribution is 7.98. The smallest absolute Gasteiger partial charge is 0.313 e. The summed E-state index contributed by atoms with van der Waals surface area (Å²) in [6, 6.07) is 4.76. The molecular formula is C15H22N2O5S. The molecule has 0 saturated carbocycles. The number of benzene rings is 1. The first-order valence-corrected chi connectivity index (χ1v) is 8.25. The van der Waals surface area contributed by atoms with Gasteiger partial charge in [-0.2, -0.15) is 11.8 Å². The van der Waals surface area contributed by atoms with Crippen LogP contribution in [0, 0.1) is 0 Å². The molecule has 0 radical (unpaired) electrons. The van der Waals surface area contributed by atoms with Gasteiger partial charge >= 0.3 is 11.8 Å². The minimum Gasteiger partial charge on any atom is -0.493 e. The van der Waals surface area contributed by atoms with Crippen molar-refractivity contribution in [1.29, 1.82) is 0 Å². The van der Waals surface area contributed by atoms with Crippen LogP contribution in [0.15, 0.2) is 18.2 Å². The van der Waals surface area contributed by atoms with E-state index in [0.717, 1.165) is 0 Å². The summed E-state index contributed by atoms with van der Waals surface area (Å²) in [6.45, 7) is 1.59. The normalized spacial score (nSPS) is 12.9. The maximum absolute atomic E-state index is 11.9. The minimum atomic E-state index is -1.07. The van der Waals surface area contributed by atoms with E-state index in [1.54, 1.807) is 25.1 Å².